The first kappa shape index (κ1) is 10.9. The fourth-order valence-electron chi connectivity index (χ4n) is 1.60. The van der Waals surface area contributed by atoms with Crippen LogP contribution < -0.4 is 5.32 Å². The Bertz CT molecular complexity index is 437. The van der Waals surface area contributed by atoms with Crippen molar-refractivity contribution in [1.29, 1.82) is 0 Å². The Morgan fingerprint density at radius 3 is 3.00 bits per heavy atom. The van der Waals surface area contributed by atoms with Crippen LogP contribution in [0.3, 0.4) is 0 Å². The van der Waals surface area contributed by atoms with Crippen molar-refractivity contribution in [3.63, 3.8) is 0 Å². The van der Waals surface area contributed by atoms with Gasteiger partial charge in [0, 0.05) is 30.5 Å². The zero-order valence-corrected chi connectivity index (χ0v) is 9.60. The highest BCUT2D eigenvalue weighted by Gasteiger charge is 2.06. The number of nitrogens with zero attached hydrogens (tertiary/aromatic N) is 1. The average Bonchev–Trinajstić information content (AvgIpc) is 2.81. The molecule has 2 heterocycles. The third-order valence-electron chi connectivity index (χ3n) is 2.78. The van der Waals surface area contributed by atoms with Crippen LogP contribution in [-0.4, -0.2) is 4.98 Å². The monoisotopic (exact) mass is 216 g/mol. The third-order valence-corrected chi connectivity index (χ3v) is 2.78. The molecule has 2 rings (SSSR count). The van der Waals surface area contributed by atoms with Crippen LogP contribution in [0, 0.1) is 6.92 Å². The minimum Gasteiger partial charge on any atom is -0.472 e. The van der Waals surface area contributed by atoms with Gasteiger partial charge in [-0.3, -0.25) is 4.98 Å². The van der Waals surface area contributed by atoms with Crippen molar-refractivity contribution in [1.82, 2.24) is 10.3 Å². The van der Waals surface area contributed by atoms with E-state index in [1.54, 1.807) is 12.5 Å². The summed E-state index contributed by atoms with van der Waals surface area (Å²) in [7, 11) is 0. The molecule has 0 saturated heterocycles. The number of rotatable bonds is 4. The Morgan fingerprint density at radius 2 is 2.31 bits per heavy atom. The van der Waals surface area contributed by atoms with Crippen LogP contribution in [0.2, 0.25) is 0 Å². The molecule has 3 nitrogen and oxygen atoms in total. The molecule has 0 aliphatic carbocycles. The zero-order chi connectivity index (χ0) is 11.4. The number of furan rings is 1. The van der Waals surface area contributed by atoms with E-state index in [0.717, 1.165) is 6.54 Å². The van der Waals surface area contributed by atoms with E-state index in [9.17, 15) is 0 Å². The summed E-state index contributed by atoms with van der Waals surface area (Å²) in [5.41, 5.74) is 3.67. The SMILES string of the molecule is Cc1cnccc1CNC(C)c1ccoc1. The zero-order valence-electron chi connectivity index (χ0n) is 9.60. The van der Waals surface area contributed by atoms with Crippen LogP contribution in [-0.2, 0) is 6.54 Å². The smallest absolute Gasteiger partial charge is 0.0950 e. The van der Waals surface area contributed by atoms with Gasteiger partial charge in [-0.05, 0) is 37.1 Å². The van der Waals surface area contributed by atoms with Crippen LogP contribution in [0.15, 0.2) is 41.5 Å². The van der Waals surface area contributed by atoms with Crippen LogP contribution in [0.4, 0.5) is 0 Å². The van der Waals surface area contributed by atoms with Crippen molar-refractivity contribution >= 4 is 0 Å². The first-order valence-electron chi connectivity index (χ1n) is 5.42. The largest absolute Gasteiger partial charge is 0.472 e. The highest BCUT2D eigenvalue weighted by molar-refractivity contribution is 5.21. The molecule has 3 heteroatoms. The number of aryl methyl sites for hydroxylation is 1. The number of hydrogen-bond acceptors (Lipinski definition) is 3. The Labute approximate surface area is 95.5 Å². The molecule has 16 heavy (non-hydrogen) atoms. The lowest BCUT2D eigenvalue weighted by Gasteiger charge is -2.12. The van der Waals surface area contributed by atoms with Crippen molar-refractivity contribution in [2.24, 2.45) is 0 Å². The quantitative estimate of drug-likeness (QED) is 0.854. The summed E-state index contributed by atoms with van der Waals surface area (Å²) in [6.45, 7) is 5.05. The van der Waals surface area contributed by atoms with Gasteiger partial charge in [0.05, 0.1) is 12.5 Å². The summed E-state index contributed by atoms with van der Waals surface area (Å²) in [5.74, 6) is 0. The topological polar surface area (TPSA) is 38.1 Å². The van der Waals surface area contributed by atoms with Gasteiger partial charge in [0.25, 0.3) is 0 Å². The fourth-order valence-corrected chi connectivity index (χ4v) is 1.60. The molecule has 0 aromatic carbocycles. The lowest BCUT2D eigenvalue weighted by molar-refractivity contribution is 0.538. The van der Waals surface area contributed by atoms with E-state index in [-0.39, 0.29) is 0 Å². The van der Waals surface area contributed by atoms with Crippen molar-refractivity contribution in [3.8, 4) is 0 Å². The minimum atomic E-state index is 0.298. The molecule has 1 atom stereocenters. The molecule has 0 saturated carbocycles. The standard InChI is InChI=1S/C13H16N2O/c1-10-7-14-5-3-12(10)8-15-11(2)13-4-6-16-9-13/h3-7,9,11,15H,8H2,1-2H3. The van der Waals surface area contributed by atoms with Gasteiger partial charge < -0.3 is 9.73 Å². The summed E-state index contributed by atoms with van der Waals surface area (Å²) < 4.78 is 5.06. The van der Waals surface area contributed by atoms with Crippen molar-refractivity contribution < 1.29 is 4.42 Å². The first-order valence-corrected chi connectivity index (χ1v) is 5.42. The van der Waals surface area contributed by atoms with Gasteiger partial charge >= 0.3 is 0 Å². The molecule has 0 aliphatic rings. The fraction of sp³-hybridized carbons (Fsp3) is 0.308. The molecule has 0 fully saturated rings. The summed E-state index contributed by atoms with van der Waals surface area (Å²) >= 11 is 0. The number of pyridine rings is 1. The summed E-state index contributed by atoms with van der Waals surface area (Å²) in [6.07, 6.45) is 7.19. The van der Waals surface area contributed by atoms with Gasteiger partial charge in [-0.25, -0.2) is 0 Å². The Hall–Kier alpha value is -1.61. The Balaban J connectivity index is 1.95. The highest BCUT2D eigenvalue weighted by atomic mass is 16.3. The van der Waals surface area contributed by atoms with Gasteiger partial charge in [-0.15, -0.1) is 0 Å². The molecule has 1 unspecified atom stereocenters. The molecular weight excluding hydrogens is 200 g/mol. The normalized spacial score (nSPS) is 12.6. The van der Waals surface area contributed by atoms with Crippen LogP contribution in [0.25, 0.3) is 0 Å². The molecule has 0 radical (unpaired) electrons. The van der Waals surface area contributed by atoms with Gasteiger partial charge in [0.2, 0.25) is 0 Å². The van der Waals surface area contributed by atoms with Crippen LogP contribution >= 0.6 is 0 Å². The number of nitrogens with one attached hydrogen (secondary N) is 1. The maximum absolute atomic E-state index is 5.06. The van der Waals surface area contributed by atoms with E-state index >= 15 is 0 Å². The lowest BCUT2D eigenvalue weighted by Crippen LogP contribution is -2.18. The van der Waals surface area contributed by atoms with Gasteiger partial charge in [0.15, 0.2) is 0 Å². The number of hydrogen-bond donors (Lipinski definition) is 1. The lowest BCUT2D eigenvalue weighted by atomic mass is 10.1. The van der Waals surface area contributed by atoms with Gasteiger partial charge in [-0.2, -0.15) is 0 Å². The number of aromatic nitrogens is 1. The van der Waals surface area contributed by atoms with E-state index in [1.165, 1.54) is 16.7 Å². The maximum atomic E-state index is 5.06. The van der Waals surface area contributed by atoms with E-state index in [1.807, 2.05) is 24.5 Å². The molecular formula is C13H16N2O. The Morgan fingerprint density at radius 1 is 1.44 bits per heavy atom. The van der Waals surface area contributed by atoms with Crippen LogP contribution in [0.1, 0.15) is 29.7 Å². The average molecular weight is 216 g/mol. The molecule has 0 aliphatic heterocycles. The molecule has 2 aromatic rings. The van der Waals surface area contributed by atoms with Crippen molar-refractivity contribution in [2.75, 3.05) is 0 Å². The van der Waals surface area contributed by atoms with E-state index in [4.69, 9.17) is 4.42 Å². The van der Waals surface area contributed by atoms with Gasteiger partial charge in [0.1, 0.15) is 0 Å². The molecule has 84 valence electrons. The second-order valence-electron chi connectivity index (χ2n) is 3.96. The summed E-state index contributed by atoms with van der Waals surface area (Å²) in [4.78, 5) is 4.08. The molecule has 0 amide bonds. The van der Waals surface area contributed by atoms with Gasteiger partial charge in [-0.1, -0.05) is 0 Å². The molecule has 0 bridgehead atoms. The predicted octanol–water partition coefficient (Wildman–Crippen LogP) is 2.83. The predicted molar refractivity (Wildman–Crippen MR) is 62.9 cm³/mol. The molecule has 0 spiro atoms. The maximum Gasteiger partial charge on any atom is 0.0950 e. The first-order chi connectivity index (χ1) is 7.77. The summed E-state index contributed by atoms with van der Waals surface area (Å²) in [5, 5.41) is 3.45. The van der Waals surface area contributed by atoms with E-state index in [2.05, 4.69) is 24.1 Å². The second-order valence-corrected chi connectivity index (χ2v) is 3.96. The minimum absolute atomic E-state index is 0.298. The third kappa shape index (κ3) is 2.49. The summed E-state index contributed by atoms with van der Waals surface area (Å²) in [6, 6.07) is 4.33. The second kappa shape index (κ2) is 4.94. The van der Waals surface area contributed by atoms with E-state index in [0.29, 0.717) is 6.04 Å². The highest BCUT2D eigenvalue weighted by Crippen LogP contribution is 2.13. The molecule has 1 N–H and O–H groups in total. The van der Waals surface area contributed by atoms with Crippen LogP contribution in [0.5, 0.6) is 0 Å². The molecule has 2 aromatic heterocycles. The van der Waals surface area contributed by atoms with Crippen molar-refractivity contribution in [2.45, 2.75) is 26.4 Å². The van der Waals surface area contributed by atoms with E-state index < -0.39 is 0 Å². The Kier molecular flexibility index (Phi) is 3.37. The van der Waals surface area contributed by atoms with Crippen molar-refractivity contribution in [3.05, 3.63) is 53.7 Å².